The van der Waals surface area contributed by atoms with Crippen molar-refractivity contribution in [1.82, 2.24) is 9.78 Å². The number of hydrogen-bond acceptors (Lipinski definition) is 3. The van der Waals surface area contributed by atoms with Crippen LogP contribution in [0.3, 0.4) is 0 Å². The third-order valence-electron chi connectivity index (χ3n) is 2.26. The van der Waals surface area contributed by atoms with Crippen molar-refractivity contribution in [3.8, 4) is 11.8 Å². The summed E-state index contributed by atoms with van der Waals surface area (Å²) in [6.07, 6.45) is 0. The summed E-state index contributed by atoms with van der Waals surface area (Å²) < 4.78 is 1.55. The molecule has 0 aliphatic carbocycles. The molecule has 0 fully saturated rings. The number of nitrogens with zero attached hydrogens (tertiary/aromatic N) is 3. The molecular formula is C11H9ClN4. The van der Waals surface area contributed by atoms with E-state index in [1.807, 2.05) is 6.07 Å². The Morgan fingerprint density at radius 3 is 2.44 bits per heavy atom. The number of aryl methyl sites for hydroxylation is 1. The van der Waals surface area contributed by atoms with Crippen molar-refractivity contribution in [2.75, 3.05) is 5.73 Å². The summed E-state index contributed by atoms with van der Waals surface area (Å²) in [6.45, 7) is 1.79. The molecule has 1 aromatic carbocycles. The van der Waals surface area contributed by atoms with Crippen molar-refractivity contribution in [1.29, 1.82) is 5.26 Å². The van der Waals surface area contributed by atoms with Gasteiger partial charge >= 0.3 is 0 Å². The van der Waals surface area contributed by atoms with Crippen LogP contribution in [0, 0.1) is 18.3 Å². The van der Waals surface area contributed by atoms with Gasteiger partial charge in [-0.15, -0.1) is 0 Å². The van der Waals surface area contributed by atoms with Crippen molar-refractivity contribution < 1.29 is 0 Å². The molecule has 0 aliphatic heterocycles. The van der Waals surface area contributed by atoms with Gasteiger partial charge in [-0.2, -0.15) is 10.4 Å². The summed E-state index contributed by atoms with van der Waals surface area (Å²) in [6, 6.07) is 9.02. The lowest BCUT2D eigenvalue weighted by Gasteiger charge is -2.03. The first-order valence-corrected chi connectivity index (χ1v) is 5.02. The van der Waals surface area contributed by atoms with Gasteiger partial charge in [-0.3, -0.25) is 0 Å². The molecule has 1 heterocycles. The fourth-order valence-electron chi connectivity index (χ4n) is 1.40. The second-order valence-corrected chi connectivity index (χ2v) is 3.73. The summed E-state index contributed by atoms with van der Waals surface area (Å²) in [7, 11) is 0. The third-order valence-corrected chi connectivity index (χ3v) is 2.73. The first-order chi connectivity index (χ1) is 7.63. The molecular weight excluding hydrogens is 224 g/mol. The Morgan fingerprint density at radius 1 is 1.38 bits per heavy atom. The molecule has 2 aromatic rings. The number of nitriles is 1. The SMILES string of the molecule is Cc1nn(-c2ccc(C#N)cc2)c(N)c1Cl. The second kappa shape index (κ2) is 3.87. The highest BCUT2D eigenvalue weighted by atomic mass is 35.5. The minimum Gasteiger partial charge on any atom is -0.382 e. The number of nitrogen functional groups attached to an aromatic ring is 1. The van der Waals surface area contributed by atoms with Crippen molar-refractivity contribution in [3.63, 3.8) is 0 Å². The minimum absolute atomic E-state index is 0.406. The van der Waals surface area contributed by atoms with Crippen molar-refractivity contribution >= 4 is 17.4 Å². The number of anilines is 1. The lowest BCUT2D eigenvalue weighted by molar-refractivity contribution is 0.872. The van der Waals surface area contributed by atoms with Gasteiger partial charge in [0.15, 0.2) is 0 Å². The van der Waals surface area contributed by atoms with E-state index < -0.39 is 0 Å². The predicted octanol–water partition coefficient (Wildman–Crippen LogP) is 2.29. The monoisotopic (exact) mass is 232 g/mol. The lowest BCUT2D eigenvalue weighted by atomic mass is 10.2. The standard InChI is InChI=1S/C11H9ClN4/c1-7-10(12)11(14)16(15-7)9-4-2-8(6-13)3-5-9/h2-5H,14H2,1H3. The largest absolute Gasteiger partial charge is 0.382 e. The number of halogens is 1. The van der Waals surface area contributed by atoms with Gasteiger partial charge in [0.05, 0.1) is 23.0 Å². The molecule has 0 bridgehead atoms. The molecule has 0 spiro atoms. The van der Waals surface area contributed by atoms with Crippen LogP contribution >= 0.6 is 11.6 Å². The quantitative estimate of drug-likeness (QED) is 0.820. The van der Waals surface area contributed by atoms with Gasteiger partial charge in [0.25, 0.3) is 0 Å². The number of aromatic nitrogens is 2. The van der Waals surface area contributed by atoms with Crippen molar-refractivity contribution in [2.45, 2.75) is 6.92 Å². The number of hydrogen-bond donors (Lipinski definition) is 1. The highest BCUT2D eigenvalue weighted by molar-refractivity contribution is 6.33. The maximum atomic E-state index is 8.68. The maximum absolute atomic E-state index is 8.68. The molecule has 0 unspecified atom stereocenters. The minimum atomic E-state index is 0.406. The van der Waals surface area contributed by atoms with E-state index in [0.29, 0.717) is 22.1 Å². The molecule has 2 rings (SSSR count). The van der Waals surface area contributed by atoms with Crippen LogP contribution in [-0.4, -0.2) is 9.78 Å². The predicted molar refractivity (Wildman–Crippen MR) is 62.4 cm³/mol. The summed E-state index contributed by atoms with van der Waals surface area (Å²) in [5, 5.41) is 13.4. The molecule has 80 valence electrons. The van der Waals surface area contributed by atoms with E-state index in [2.05, 4.69) is 5.10 Å². The van der Waals surface area contributed by atoms with E-state index in [1.165, 1.54) is 0 Å². The Labute approximate surface area is 97.9 Å². The highest BCUT2D eigenvalue weighted by Crippen LogP contribution is 2.25. The molecule has 4 nitrogen and oxygen atoms in total. The van der Waals surface area contributed by atoms with Crippen LogP contribution in [0.5, 0.6) is 0 Å². The molecule has 16 heavy (non-hydrogen) atoms. The van der Waals surface area contributed by atoms with Gasteiger partial charge in [0.2, 0.25) is 0 Å². The van der Waals surface area contributed by atoms with Crippen LogP contribution in [0.1, 0.15) is 11.3 Å². The van der Waals surface area contributed by atoms with Crippen LogP contribution in [0.25, 0.3) is 5.69 Å². The highest BCUT2D eigenvalue weighted by Gasteiger charge is 2.11. The summed E-state index contributed by atoms with van der Waals surface area (Å²) in [5.41, 5.74) is 7.87. The molecule has 0 saturated carbocycles. The first-order valence-electron chi connectivity index (χ1n) is 4.64. The van der Waals surface area contributed by atoms with Crippen molar-refractivity contribution in [3.05, 3.63) is 40.5 Å². The Morgan fingerprint density at radius 2 is 2.00 bits per heavy atom. The Kier molecular flexibility index (Phi) is 2.55. The van der Waals surface area contributed by atoms with E-state index in [0.717, 1.165) is 5.69 Å². The van der Waals surface area contributed by atoms with E-state index in [9.17, 15) is 0 Å². The van der Waals surface area contributed by atoms with E-state index >= 15 is 0 Å². The molecule has 5 heteroatoms. The molecule has 0 atom stereocenters. The smallest absolute Gasteiger partial charge is 0.146 e. The molecule has 0 aliphatic rings. The number of rotatable bonds is 1. The Bertz CT molecular complexity index is 563. The fraction of sp³-hybridized carbons (Fsp3) is 0.0909. The van der Waals surface area contributed by atoms with Crippen LogP contribution < -0.4 is 5.73 Å². The van der Waals surface area contributed by atoms with Crippen LogP contribution in [0.15, 0.2) is 24.3 Å². The Hall–Kier alpha value is -1.99. The van der Waals surface area contributed by atoms with Gasteiger partial charge in [-0.1, -0.05) is 11.6 Å². The molecule has 0 saturated heterocycles. The van der Waals surface area contributed by atoms with Crippen LogP contribution in [-0.2, 0) is 0 Å². The zero-order chi connectivity index (χ0) is 11.7. The first kappa shape index (κ1) is 10.5. The van der Waals surface area contributed by atoms with E-state index in [1.54, 1.807) is 35.9 Å². The normalized spacial score (nSPS) is 10.1. The van der Waals surface area contributed by atoms with Gasteiger partial charge in [0, 0.05) is 0 Å². The summed E-state index contributed by atoms with van der Waals surface area (Å²) >= 11 is 5.95. The molecule has 0 amide bonds. The van der Waals surface area contributed by atoms with Crippen molar-refractivity contribution in [2.24, 2.45) is 0 Å². The zero-order valence-corrected chi connectivity index (χ0v) is 9.36. The topological polar surface area (TPSA) is 67.6 Å². The number of benzene rings is 1. The zero-order valence-electron chi connectivity index (χ0n) is 8.61. The summed E-state index contributed by atoms with van der Waals surface area (Å²) in [5.74, 6) is 0.406. The summed E-state index contributed by atoms with van der Waals surface area (Å²) in [4.78, 5) is 0. The molecule has 0 radical (unpaired) electrons. The van der Waals surface area contributed by atoms with Gasteiger partial charge in [-0.25, -0.2) is 4.68 Å². The number of nitrogens with two attached hydrogens (primary N) is 1. The van der Waals surface area contributed by atoms with Crippen LogP contribution in [0.4, 0.5) is 5.82 Å². The molecule has 2 N–H and O–H groups in total. The average molecular weight is 233 g/mol. The third kappa shape index (κ3) is 1.62. The van der Waals surface area contributed by atoms with Gasteiger partial charge in [-0.05, 0) is 31.2 Å². The van der Waals surface area contributed by atoms with E-state index in [-0.39, 0.29) is 0 Å². The maximum Gasteiger partial charge on any atom is 0.146 e. The Balaban J connectivity index is 2.51. The van der Waals surface area contributed by atoms with E-state index in [4.69, 9.17) is 22.6 Å². The lowest BCUT2D eigenvalue weighted by Crippen LogP contribution is -2.01. The van der Waals surface area contributed by atoms with Gasteiger partial charge in [0.1, 0.15) is 10.8 Å². The van der Waals surface area contributed by atoms with Gasteiger partial charge < -0.3 is 5.73 Å². The van der Waals surface area contributed by atoms with Crippen LogP contribution in [0.2, 0.25) is 5.02 Å². The molecule has 1 aromatic heterocycles. The fourth-order valence-corrected chi connectivity index (χ4v) is 1.52. The second-order valence-electron chi connectivity index (χ2n) is 3.36. The average Bonchev–Trinajstić information content (AvgIpc) is 2.57.